The number of benzene rings is 1. The average Bonchev–Trinajstić information content (AvgIpc) is 2.47. The summed E-state index contributed by atoms with van der Waals surface area (Å²) in [6.45, 7) is 2.53. The largest absolute Gasteiger partial charge is 0.494 e. The molecule has 2 unspecified atom stereocenters. The van der Waals surface area contributed by atoms with Crippen LogP contribution < -0.4 is 4.74 Å². The van der Waals surface area contributed by atoms with Gasteiger partial charge in [-0.05, 0) is 43.4 Å². The van der Waals surface area contributed by atoms with Crippen molar-refractivity contribution in [1.82, 2.24) is 0 Å². The van der Waals surface area contributed by atoms with E-state index in [1.807, 2.05) is 31.2 Å². The predicted molar refractivity (Wildman–Crippen MR) is 75.2 cm³/mol. The van der Waals surface area contributed by atoms with Crippen molar-refractivity contribution in [2.24, 2.45) is 5.92 Å². The minimum atomic E-state index is -0.816. The van der Waals surface area contributed by atoms with E-state index in [2.05, 4.69) is 0 Å². The standard InChI is InChI=1S/C16H24O3/c1-2-19-14-10-6-9-13(11-14)16(18)15(17)12-7-4-3-5-8-12/h6,9-12,15-18H,2-5,7-8H2,1H3. The molecule has 1 saturated carbocycles. The van der Waals surface area contributed by atoms with Gasteiger partial charge < -0.3 is 14.9 Å². The Labute approximate surface area is 115 Å². The van der Waals surface area contributed by atoms with E-state index in [1.165, 1.54) is 6.42 Å². The quantitative estimate of drug-likeness (QED) is 0.859. The van der Waals surface area contributed by atoms with Crippen molar-refractivity contribution in [3.8, 4) is 5.75 Å². The van der Waals surface area contributed by atoms with Crippen LogP contribution in [0.25, 0.3) is 0 Å². The highest BCUT2D eigenvalue weighted by atomic mass is 16.5. The van der Waals surface area contributed by atoms with Gasteiger partial charge in [0, 0.05) is 0 Å². The van der Waals surface area contributed by atoms with Gasteiger partial charge in [-0.15, -0.1) is 0 Å². The predicted octanol–water partition coefficient (Wildman–Crippen LogP) is 3.06. The van der Waals surface area contributed by atoms with Crippen LogP contribution in [0.5, 0.6) is 5.75 Å². The molecule has 2 rings (SSSR count). The maximum absolute atomic E-state index is 10.3. The number of ether oxygens (including phenoxy) is 1. The van der Waals surface area contributed by atoms with Gasteiger partial charge in [-0.2, -0.15) is 0 Å². The number of aliphatic hydroxyl groups excluding tert-OH is 2. The van der Waals surface area contributed by atoms with Crippen LogP contribution in [0.1, 0.15) is 50.7 Å². The van der Waals surface area contributed by atoms with Gasteiger partial charge >= 0.3 is 0 Å². The molecule has 1 fully saturated rings. The fraction of sp³-hybridized carbons (Fsp3) is 0.625. The van der Waals surface area contributed by atoms with Crippen molar-refractivity contribution in [2.45, 2.75) is 51.2 Å². The molecule has 1 aromatic rings. The Bertz CT molecular complexity index is 385. The van der Waals surface area contributed by atoms with Gasteiger partial charge in [0.15, 0.2) is 0 Å². The molecular formula is C16H24O3. The first-order valence-corrected chi connectivity index (χ1v) is 7.31. The van der Waals surface area contributed by atoms with E-state index >= 15 is 0 Å². The lowest BCUT2D eigenvalue weighted by atomic mass is 9.82. The van der Waals surface area contributed by atoms with Gasteiger partial charge in [0.2, 0.25) is 0 Å². The summed E-state index contributed by atoms with van der Waals surface area (Å²) >= 11 is 0. The van der Waals surface area contributed by atoms with Crippen LogP contribution in [-0.2, 0) is 0 Å². The van der Waals surface area contributed by atoms with E-state index in [1.54, 1.807) is 0 Å². The Kier molecular flexibility index (Phi) is 5.23. The summed E-state index contributed by atoms with van der Waals surface area (Å²) in [5.41, 5.74) is 0.740. The molecule has 0 amide bonds. The molecule has 0 bridgehead atoms. The molecule has 1 aliphatic rings. The van der Waals surface area contributed by atoms with E-state index in [0.29, 0.717) is 6.61 Å². The summed E-state index contributed by atoms with van der Waals surface area (Å²) in [7, 11) is 0. The van der Waals surface area contributed by atoms with Crippen LogP contribution in [0.15, 0.2) is 24.3 Å². The van der Waals surface area contributed by atoms with Gasteiger partial charge in [-0.1, -0.05) is 31.4 Å². The summed E-state index contributed by atoms with van der Waals surface area (Å²) in [5.74, 6) is 0.967. The van der Waals surface area contributed by atoms with Gasteiger partial charge in [-0.25, -0.2) is 0 Å². The molecule has 3 heteroatoms. The SMILES string of the molecule is CCOc1cccc(C(O)C(O)C2CCCCC2)c1. The molecular weight excluding hydrogens is 240 g/mol. The second kappa shape index (κ2) is 6.92. The second-order valence-electron chi connectivity index (χ2n) is 5.34. The monoisotopic (exact) mass is 264 g/mol. The topological polar surface area (TPSA) is 49.7 Å². The Morgan fingerprint density at radius 3 is 2.63 bits per heavy atom. The number of hydrogen-bond acceptors (Lipinski definition) is 3. The van der Waals surface area contributed by atoms with Crippen molar-refractivity contribution < 1.29 is 14.9 Å². The second-order valence-corrected chi connectivity index (χ2v) is 5.34. The van der Waals surface area contributed by atoms with Crippen LogP contribution in [0.4, 0.5) is 0 Å². The molecule has 0 aliphatic heterocycles. The van der Waals surface area contributed by atoms with E-state index < -0.39 is 12.2 Å². The molecule has 2 N–H and O–H groups in total. The van der Waals surface area contributed by atoms with Crippen LogP contribution in [0, 0.1) is 5.92 Å². The Balaban J connectivity index is 2.04. The average molecular weight is 264 g/mol. The molecule has 2 atom stereocenters. The number of rotatable bonds is 5. The van der Waals surface area contributed by atoms with Crippen molar-refractivity contribution in [1.29, 1.82) is 0 Å². The first kappa shape index (κ1) is 14.4. The zero-order chi connectivity index (χ0) is 13.7. The summed E-state index contributed by atoms with van der Waals surface area (Å²) in [6.07, 6.45) is 4.12. The summed E-state index contributed by atoms with van der Waals surface area (Å²) in [4.78, 5) is 0. The molecule has 1 aromatic carbocycles. The maximum Gasteiger partial charge on any atom is 0.119 e. The highest BCUT2D eigenvalue weighted by Crippen LogP contribution is 2.33. The molecule has 106 valence electrons. The van der Waals surface area contributed by atoms with Crippen LogP contribution in [0.2, 0.25) is 0 Å². The zero-order valence-electron chi connectivity index (χ0n) is 11.6. The highest BCUT2D eigenvalue weighted by molar-refractivity contribution is 5.30. The lowest BCUT2D eigenvalue weighted by Crippen LogP contribution is -2.29. The zero-order valence-corrected chi connectivity index (χ0v) is 11.6. The fourth-order valence-electron chi connectivity index (χ4n) is 2.89. The molecule has 0 aromatic heterocycles. The van der Waals surface area contributed by atoms with Crippen LogP contribution in [-0.4, -0.2) is 22.9 Å². The molecule has 1 aliphatic carbocycles. The maximum atomic E-state index is 10.3. The van der Waals surface area contributed by atoms with Crippen molar-refractivity contribution in [3.63, 3.8) is 0 Å². The minimum Gasteiger partial charge on any atom is -0.494 e. The summed E-state index contributed by atoms with van der Waals surface area (Å²) < 4.78 is 5.43. The third-order valence-electron chi connectivity index (χ3n) is 3.97. The van der Waals surface area contributed by atoms with E-state index in [9.17, 15) is 10.2 Å². The van der Waals surface area contributed by atoms with Crippen LogP contribution >= 0.6 is 0 Å². The fourth-order valence-corrected chi connectivity index (χ4v) is 2.89. The van der Waals surface area contributed by atoms with Gasteiger partial charge in [0.1, 0.15) is 11.9 Å². The molecule has 0 spiro atoms. The molecule has 0 radical (unpaired) electrons. The highest BCUT2D eigenvalue weighted by Gasteiger charge is 2.28. The number of aliphatic hydroxyl groups is 2. The van der Waals surface area contributed by atoms with Crippen molar-refractivity contribution in [2.75, 3.05) is 6.61 Å². The molecule has 0 saturated heterocycles. The Hall–Kier alpha value is -1.06. The third kappa shape index (κ3) is 3.71. The van der Waals surface area contributed by atoms with E-state index in [-0.39, 0.29) is 5.92 Å². The lowest BCUT2D eigenvalue weighted by molar-refractivity contribution is -0.0286. The lowest BCUT2D eigenvalue weighted by Gasteiger charge is -2.30. The van der Waals surface area contributed by atoms with Crippen LogP contribution in [0.3, 0.4) is 0 Å². The first-order chi connectivity index (χ1) is 9.22. The minimum absolute atomic E-state index is 0.222. The first-order valence-electron chi connectivity index (χ1n) is 7.31. The summed E-state index contributed by atoms with van der Waals surface area (Å²) in [5, 5.41) is 20.7. The molecule has 0 heterocycles. The van der Waals surface area contributed by atoms with Gasteiger partial charge in [0.25, 0.3) is 0 Å². The van der Waals surface area contributed by atoms with Gasteiger partial charge in [0.05, 0.1) is 12.7 Å². The van der Waals surface area contributed by atoms with E-state index in [4.69, 9.17) is 4.74 Å². The van der Waals surface area contributed by atoms with Crippen molar-refractivity contribution in [3.05, 3.63) is 29.8 Å². The normalized spacial score (nSPS) is 19.9. The summed E-state index contributed by atoms with van der Waals surface area (Å²) in [6, 6.07) is 7.39. The van der Waals surface area contributed by atoms with Gasteiger partial charge in [-0.3, -0.25) is 0 Å². The number of hydrogen-bond donors (Lipinski definition) is 2. The molecule has 3 nitrogen and oxygen atoms in total. The Morgan fingerprint density at radius 2 is 1.95 bits per heavy atom. The smallest absolute Gasteiger partial charge is 0.119 e. The van der Waals surface area contributed by atoms with Crippen molar-refractivity contribution >= 4 is 0 Å². The van der Waals surface area contributed by atoms with E-state index in [0.717, 1.165) is 37.0 Å². The molecule has 19 heavy (non-hydrogen) atoms. The Morgan fingerprint density at radius 1 is 1.21 bits per heavy atom. The third-order valence-corrected chi connectivity index (χ3v) is 3.97.